The molecule has 8 nitrogen and oxygen atoms in total. The number of hydrogen-bond donors (Lipinski definition) is 2. The van der Waals surface area contributed by atoms with Crippen LogP contribution in [0.15, 0.2) is 54.8 Å². The molecule has 0 saturated carbocycles. The van der Waals surface area contributed by atoms with Crippen molar-refractivity contribution >= 4 is 11.5 Å². The van der Waals surface area contributed by atoms with Gasteiger partial charge in [-0.15, -0.1) is 0 Å². The number of benzene rings is 2. The standard InChI is InChI=1S/C22H23N3O5/c1-27-13-17(22(26)28-2)16-8-4-6-10-19(16)30-21-11-20(24-14-25-21)29-18-9-5-3-7-15(18)12-23/h3-10,13,20-21,24-25H,11,14H2,1-2H3/b17-13+. The van der Waals surface area contributed by atoms with Crippen LogP contribution in [0.1, 0.15) is 17.5 Å². The van der Waals surface area contributed by atoms with Crippen LogP contribution in [0.2, 0.25) is 0 Å². The van der Waals surface area contributed by atoms with Crippen LogP contribution in [0.3, 0.4) is 0 Å². The van der Waals surface area contributed by atoms with Gasteiger partial charge in [-0.2, -0.15) is 5.26 Å². The molecule has 1 saturated heterocycles. The third-order valence-electron chi connectivity index (χ3n) is 4.45. The zero-order valence-electron chi connectivity index (χ0n) is 16.8. The first kappa shape index (κ1) is 21.2. The van der Waals surface area contributed by atoms with E-state index in [0.717, 1.165) is 0 Å². The highest BCUT2D eigenvalue weighted by Gasteiger charge is 2.26. The fraction of sp³-hybridized carbons (Fsp3) is 0.273. The van der Waals surface area contributed by atoms with Gasteiger partial charge in [0.15, 0.2) is 12.5 Å². The number of nitrogens with one attached hydrogen (secondary N) is 2. The van der Waals surface area contributed by atoms with Gasteiger partial charge in [0.2, 0.25) is 0 Å². The van der Waals surface area contributed by atoms with E-state index < -0.39 is 5.97 Å². The molecule has 2 aromatic carbocycles. The SMILES string of the molecule is CO/C=C(/C(=O)OC)c1ccccc1OC1CC(Oc2ccccc2C#N)NCN1. The van der Waals surface area contributed by atoms with Gasteiger partial charge in [0.25, 0.3) is 0 Å². The summed E-state index contributed by atoms with van der Waals surface area (Å²) in [5.41, 5.74) is 1.27. The summed E-state index contributed by atoms with van der Waals surface area (Å²) in [5.74, 6) is 0.483. The summed E-state index contributed by atoms with van der Waals surface area (Å²) in [6.07, 6.45) is 1.06. The second kappa shape index (κ2) is 10.3. The van der Waals surface area contributed by atoms with E-state index in [4.69, 9.17) is 18.9 Å². The molecule has 0 aliphatic carbocycles. The second-order valence-electron chi connectivity index (χ2n) is 6.40. The number of nitrogens with zero attached hydrogens (tertiary/aromatic N) is 1. The number of hydrogen-bond acceptors (Lipinski definition) is 8. The maximum absolute atomic E-state index is 12.2. The van der Waals surface area contributed by atoms with Gasteiger partial charge in [0.05, 0.1) is 32.7 Å². The predicted octanol–water partition coefficient (Wildman–Crippen LogP) is 2.37. The van der Waals surface area contributed by atoms with E-state index in [1.807, 2.05) is 12.1 Å². The Balaban J connectivity index is 1.75. The van der Waals surface area contributed by atoms with Crippen molar-refractivity contribution in [1.82, 2.24) is 10.6 Å². The van der Waals surface area contributed by atoms with Crippen molar-refractivity contribution in [2.24, 2.45) is 0 Å². The van der Waals surface area contributed by atoms with Crippen LogP contribution in [0, 0.1) is 11.3 Å². The van der Waals surface area contributed by atoms with Gasteiger partial charge in [0.1, 0.15) is 23.1 Å². The Kier molecular flexibility index (Phi) is 7.27. The zero-order chi connectivity index (χ0) is 21.3. The van der Waals surface area contributed by atoms with Crippen LogP contribution in [-0.4, -0.2) is 39.3 Å². The van der Waals surface area contributed by atoms with Crippen LogP contribution >= 0.6 is 0 Å². The molecule has 1 aliphatic rings. The molecule has 0 amide bonds. The van der Waals surface area contributed by atoms with Crippen molar-refractivity contribution in [2.45, 2.75) is 18.9 Å². The van der Waals surface area contributed by atoms with Gasteiger partial charge >= 0.3 is 5.97 Å². The first-order valence-electron chi connectivity index (χ1n) is 9.36. The molecule has 1 heterocycles. The van der Waals surface area contributed by atoms with Crippen LogP contribution < -0.4 is 20.1 Å². The summed E-state index contributed by atoms with van der Waals surface area (Å²) in [5, 5.41) is 15.6. The fourth-order valence-corrected chi connectivity index (χ4v) is 3.04. The highest BCUT2D eigenvalue weighted by atomic mass is 16.5. The average Bonchev–Trinajstić information content (AvgIpc) is 2.78. The van der Waals surface area contributed by atoms with E-state index in [1.165, 1.54) is 20.5 Å². The lowest BCUT2D eigenvalue weighted by atomic mass is 10.1. The molecule has 0 bridgehead atoms. The highest BCUT2D eigenvalue weighted by molar-refractivity contribution is 6.16. The number of rotatable bonds is 7. The minimum atomic E-state index is -0.527. The molecule has 2 N–H and O–H groups in total. The van der Waals surface area contributed by atoms with Gasteiger partial charge in [-0.05, 0) is 18.2 Å². The first-order valence-corrected chi connectivity index (χ1v) is 9.36. The lowest BCUT2D eigenvalue weighted by Gasteiger charge is -2.32. The molecule has 8 heteroatoms. The number of para-hydroxylation sites is 2. The quantitative estimate of drug-likeness (QED) is 0.408. The molecule has 1 fully saturated rings. The van der Waals surface area contributed by atoms with Crippen molar-refractivity contribution in [3.05, 3.63) is 65.9 Å². The minimum absolute atomic E-state index is 0.250. The van der Waals surface area contributed by atoms with Crippen molar-refractivity contribution in [1.29, 1.82) is 5.26 Å². The second-order valence-corrected chi connectivity index (χ2v) is 6.40. The molecule has 0 aromatic heterocycles. The van der Waals surface area contributed by atoms with Crippen LogP contribution in [0.5, 0.6) is 11.5 Å². The van der Waals surface area contributed by atoms with E-state index >= 15 is 0 Å². The third kappa shape index (κ3) is 5.08. The summed E-state index contributed by atoms with van der Waals surface area (Å²) < 4.78 is 22.0. The summed E-state index contributed by atoms with van der Waals surface area (Å²) in [4.78, 5) is 12.2. The number of ether oxygens (including phenoxy) is 4. The number of carbonyl (C=O) groups excluding carboxylic acids is 1. The van der Waals surface area contributed by atoms with E-state index in [2.05, 4.69) is 16.7 Å². The van der Waals surface area contributed by atoms with E-state index in [1.54, 1.807) is 36.4 Å². The van der Waals surface area contributed by atoms with Crippen molar-refractivity contribution in [3.63, 3.8) is 0 Å². The summed E-state index contributed by atoms with van der Waals surface area (Å²) in [6.45, 7) is 0.448. The number of carbonyl (C=O) groups is 1. The summed E-state index contributed by atoms with van der Waals surface area (Å²) in [6, 6.07) is 16.3. The third-order valence-corrected chi connectivity index (χ3v) is 4.45. The lowest BCUT2D eigenvalue weighted by Crippen LogP contribution is -2.55. The van der Waals surface area contributed by atoms with Gasteiger partial charge < -0.3 is 18.9 Å². The average molecular weight is 409 g/mol. The Morgan fingerprint density at radius 3 is 2.33 bits per heavy atom. The Morgan fingerprint density at radius 2 is 1.67 bits per heavy atom. The molecule has 2 unspecified atom stereocenters. The maximum Gasteiger partial charge on any atom is 0.341 e. The smallest absolute Gasteiger partial charge is 0.341 e. The molecule has 2 aromatic rings. The van der Waals surface area contributed by atoms with Gasteiger partial charge in [-0.1, -0.05) is 30.3 Å². The van der Waals surface area contributed by atoms with Gasteiger partial charge in [-0.3, -0.25) is 10.6 Å². The largest absolute Gasteiger partial charge is 0.503 e. The van der Waals surface area contributed by atoms with Gasteiger partial charge in [-0.25, -0.2) is 4.79 Å². The van der Waals surface area contributed by atoms with Crippen molar-refractivity contribution in [3.8, 4) is 17.6 Å². The summed E-state index contributed by atoms with van der Waals surface area (Å²) >= 11 is 0. The van der Waals surface area contributed by atoms with Crippen LogP contribution in [-0.2, 0) is 14.3 Å². The predicted molar refractivity (Wildman–Crippen MR) is 109 cm³/mol. The Labute approximate surface area is 175 Å². The summed E-state index contributed by atoms with van der Waals surface area (Å²) in [7, 11) is 2.77. The number of methoxy groups -OCH3 is 2. The molecular formula is C22H23N3O5. The normalized spacial score (nSPS) is 18.8. The number of esters is 1. The molecule has 30 heavy (non-hydrogen) atoms. The highest BCUT2D eigenvalue weighted by Crippen LogP contribution is 2.29. The molecule has 0 radical (unpaired) electrons. The fourth-order valence-electron chi connectivity index (χ4n) is 3.04. The zero-order valence-corrected chi connectivity index (χ0v) is 16.8. The van der Waals surface area contributed by atoms with Crippen LogP contribution in [0.4, 0.5) is 0 Å². The monoisotopic (exact) mass is 409 g/mol. The van der Waals surface area contributed by atoms with Gasteiger partial charge in [0, 0.05) is 12.0 Å². The molecule has 0 spiro atoms. The lowest BCUT2D eigenvalue weighted by molar-refractivity contribution is -0.133. The number of nitriles is 1. The topological polar surface area (TPSA) is 102 Å². The molecule has 2 atom stereocenters. The molecule has 3 rings (SSSR count). The van der Waals surface area contributed by atoms with E-state index in [9.17, 15) is 10.1 Å². The van der Waals surface area contributed by atoms with Crippen molar-refractivity contribution < 1.29 is 23.7 Å². The Bertz CT molecular complexity index is 954. The molecule has 156 valence electrons. The first-order chi connectivity index (χ1) is 14.7. The molecule has 1 aliphatic heterocycles. The van der Waals surface area contributed by atoms with Crippen LogP contribution in [0.25, 0.3) is 5.57 Å². The maximum atomic E-state index is 12.2. The van der Waals surface area contributed by atoms with E-state index in [0.29, 0.717) is 35.7 Å². The minimum Gasteiger partial charge on any atom is -0.503 e. The Morgan fingerprint density at radius 1 is 1.03 bits per heavy atom. The van der Waals surface area contributed by atoms with E-state index in [-0.39, 0.29) is 18.0 Å². The van der Waals surface area contributed by atoms with Crippen molar-refractivity contribution in [2.75, 3.05) is 20.9 Å². The molecular weight excluding hydrogens is 386 g/mol. The Hall–Kier alpha value is -3.54.